The molecular formula is C18H23N3O6. The standard InChI is InChI=1S/C18H23N3O6/c1-11(22)19-7-6-12-10-20(17(23)27-18(2,3)4)14-9-15(21(24)25)16(26-5)8-13(12)14/h8-10H,6-7H2,1-5H3,(H,19,22). The Labute approximate surface area is 156 Å². The van der Waals surface area contributed by atoms with Gasteiger partial charge in [-0.3, -0.25) is 19.5 Å². The molecule has 0 saturated heterocycles. The first-order chi connectivity index (χ1) is 12.5. The number of nitrogens with one attached hydrogen (secondary N) is 1. The van der Waals surface area contributed by atoms with Gasteiger partial charge in [0, 0.05) is 31.1 Å². The number of rotatable bonds is 5. The Morgan fingerprint density at radius 2 is 1.96 bits per heavy atom. The van der Waals surface area contributed by atoms with Crippen molar-refractivity contribution >= 4 is 28.6 Å². The third-order valence-corrected chi connectivity index (χ3v) is 3.74. The lowest BCUT2D eigenvalue weighted by Crippen LogP contribution is -2.26. The SMILES string of the molecule is COc1cc2c(CCNC(C)=O)cn(C(=O)OC(C)(C)C)c2cc1[N+](=O)[O-]. The second-order valence-electron chi connectivity index (χ2n) is 7.04. The van der Waals surface area contributed by atoms with Gasteiger partial charge in [-0.1, -0.05) is 0 Å². The van der Waals surface area contributed by atoms with Gasteiger partial charge in [0.15, 0.2) is 5.75 Å². The Morgan fingerprint density at radius 3 is 2.48 bits per heavy atom. The minimum atomic E-state index is -0.720. The molecule has 1 N–H and O–H groups in total. The van der Waals surface area contributed by atoms with Crippen molar-refractivity contribution < 1.29 is 24.0 Å². The van der Waals surface area contributed by atoms with Gasteiger partial charge in [0.2, 0.25) is 5.91 Å². The van der Waals surface area contributed by atoms with Crippen LogP contribution >= 0.6 is 0 Å². The third-order valence-electron chi connectivity index (χ3n) is 3.74. The average Bonchev–Trinajstić information content (AvgIpc) is 2.89. The van der Waals surface area contributed by atoms with Gasteiger partial charge in [0.1, 0.15) is 5.60 Å². The molecule has 0 fully saturated rings. The topological polar surface area (TPSA) is 113 Å². The maximum Gasteiger partial charge on any atom is 0.419 e. The van der Waals surface area contributed by atoms with Gasteiger partial charge >= 0.3 is 11.8 Å². The van der Waals surface area contributed by atoms with Crippen molar-refractivity contribution in [2.24, 2.45) is 0 Å². The Balaban J connectivity index is 2.59. The summed E-state index contributed by atoms with van der Waals surface area (Å²) < 4.78 is 11.8. The van der Waals surface area contributed by atoms with Crippen LogP contribution in [0.5, 0.6) is 5.75 Å². The van der Waals surface area contributed by atoms with Gasteiger partial charge in [-0.15, -0.1) is 0 Å². The van der Waals surface area contributed by atoms with E-state index in [2.05, 4.69) is 5.32 Å². The number of ether oxygens (including phenoxy) is 2. The molecule has 1 aromatic carbocycles. The predicted octanol–water partition coefficient (Wildman–Crippen LogP) is 3.02. The molecule has 0 bridgehead atoms. The van der Waals surface area contributed by atoms with E-state index in [0.29, 0.717) is 23.9 Å². The highest BCUT2D eigenvalue weighted by Crippen LogP contribution is 2.35. The number of nitro benzene ring substituents is 1. The van der Waals surface area contributed by atoms with E-state index in [1.54, 1.807) is 27.0 Å². The summed E-state index contributed by atoms with van der Waals surface area (Å²) in [5.74, 6) is -0.0747. The highest BCUT2D eigenvalue weighted by Gasteiger charge is 2.24. The highest BCUT2D eigenvalue weighted by atomic mass is 16.6. The van der Waals surface area contributed by atoms with E-state index in [-0.39, 0.29) is 17.3 Å². The number of carbonyl (C=O) groups excluding carboxylic acids is 2. The fourth-order valence-corrected chi connectivity index (χ4v) is 2.65. The van der Waals surface area contributed by atoms with Gasteiger partial charge in [0.25, 0.3) is 0 Å². The van der Waals surface area contributed by atoms with Crippen molar-refractivity contribution in [1.82, 2.24) is 9.88 Å². The van der Waals surface area contributed by atoms with Crippen molar-refractivity contribution in [3.63, 3.8) is 0 Å². The van der Waals surface area contributed by atoms with Crippen LogP contribution in [0.15, 0.2) is 18.3 Å². The Morgan fingerprint density at radius 1 is 1.30 bits per heavy atom. The average molecular weight is 377 g/mol. The summed E-state index contributed by atoms with van der Waals surface area (Å²) in [6.45, 7) is 6.98. The molecule has 0 unspecified atom stereocenters. The molecule has 0 saturated carbocycles. The number of aromatic nitrogens is 1. The zero-order valence-corrected chi connectivity index (χ0v) is 16.0. The highest BCUT2D eigenvalue weighted by molar-refractivity contribution is 5.95. The molecule has 9 heteroatoms. The first-order valence-electron chi connectivity index (χ1n) is 8.37. The number of nitro groups is 1. The molecule has 1 heterocycles. The zero-order valence-electron chi connectivity index (χ0n) is 16.0. The Kier molecular flexibility index (Phi) is 5.72. The third kappa shape index (κ3) is 4.75. The zero-order chi connectivity index (χ0) is 20.4. The number of amides is 1. The van der Waals surface area contributed by atoms with Crippen molar-refractivity contribution in [2.45, 2.75) is 39.7 Å². The van der Waals surface area contributed by atoms with E-state index >= 15 is 0 Å². The number of carbonyl (C=O) groups is 2. The summed E-state index contributed by atoms with van der Waals surface area (Å²) in [7, 11) is 1.34. The fraction of sp³-hybridized carbons (Fsp3) is 0.444. The van der Waals surface area contributed by atoms with Crippen LogP contribution in [0.4, 0.5) is 10.5 Å². The van der Waals surface area contributed by atoms with E-state index in [1.807, 2.05) is 0 Å². The van der Waals surface area contributed by atoms with E-state index in [9.17, 15) is 19.7 Å². The molecule has 0 aliphatic rings. The fourth-order valence-electron chi connectivity index (χ4n) is 2.65. The Hall–Kier alpha value is -3.10. The van der Waals surface area contributed by atoms with Crippen molar-refractivity contribution in [1.29, 1.82) is 0 Å². The molecule has 0 aliphatic heterocycles. The quantitative estimate of drug-likeness (QED) is 0.633. The van der Waals surface area contributed by atoms with Gasteiger partial charge in [0.05, 0.1) is 17.5 Å². The normalized spacial score (nSPS) is 11.3. The maximum absolute atomic E-state index is 12.6. The van der Waals surface area contributed by atoms with Crippen LogP contribution in [0.25, 0.3) is 10.9 Å². The predicted molar refractivity (Wildman–Crippen MR) is 99.2 cm³/mol. The summed E-state index contributed by atoms with van der Waals surface area (Å²) in [4.78, 5) is 34.5. The molecule has 1 amide bonds. The van der Waals surface area contributed by atoms with Gasteiger partial charge < -0.3 is 14.8 Å². The van der Waals surface area contributed by atoms with Crippen LogP contribution in [0.1, 0.15) is 33.3 Å². The van der Waals surface area contributed by atoms with Crippen molar-refractivity contribution in [3.8, 4) is 5.75 Å². The van der Waals surface area contributed by atoms with E-state index < -0.39 is 16.6 Å². The van der Waals surface area contributed by atoms with Crippen LogP contribution in [0, 0.1) is 10.1 Å². The van der Waals surface area contributed by atoms with E-state index in [0.717, 1.165) is 5.56 Å². The summed E-state index contributed by atoms with van der Waals surface area (Å²) in [5.41, 5.74) is 0.108. The molecule has 1 aromatic heterocycles. The number of fused-ring (bicyclic) bond motifs is 1. The summed E-state index contributed by atoms with van der Waals surface area (Å²) in [5, 5.41) is 14.6. The molecule has 2 aromatic rings. The second-order valence-corrected chi connectivity index (χ2v) is 7.04. The van der Waals surface area contributed by atoms with Crippen LogP contribution < -0.4 is 10.1 Å². The first kappa shape index (κ1) is 20.2. The molecule has 0 atom stereocenters. The molecule has 27 heavy (non-hydrogen) atoms. The molecule has 146 valence electrons. The van der Waals surface area contributed by atoms with Gasteiger partial charge in [-0.25, -0.2) is 4.79 Å². The monoisotopic (exact) mass is 377 g/mol. The van der Waals surface area contributed by atoms with Crippen LogP contribution in [-0.4, -0.2) is 40.7 Å². The second kappa shape index (κ2) is 7.65. The molecule has 2 rings (SSSR count). The summed E-state index contributed by atoms with van der Waals surface area (Å²) in [6.07, 6.45) is 1.37. The van der Waals surface area contributed by atoms with Crippen LogP contribution in [0.3, 0.4) is 0 Å². The lowest BCUT2D eigenvalue weighted by atomic mass is 10.1. The van der Waals surface area contributed by atoms with Crippen LogP contribution in [-0.2, 0) is 16.0 Å². The minimum absolute atomic E-state index is 0.0928. The van der Waals surface area contributed by atoms with Gasteiger partial charge in [-0.05, 0) is 38.8 Å². The minimum Gasteiger partial charge on any atom is -0.490 e. The number of nitrogens with zero attached hydrogens (tertiary/aromatic N) is 2. The lowest BCUT2D eigenvalue weighted by Gasteiger charge is -2.19. The van der Waals surface area contributed by atoms with Gasteiger partial charge in [-0.2, -0.15) is 0 Å². The number of hydrogen-bond acceptors (Lipinski definition) is 6. The largest absolute Gasteiger partial charge is 0.490 e. The molecular weight excluding hydrogens is 354 g/mol. The number of benzene rings is 1. The van der Waals surface area contributed by atoms with Crippen LogP contribution in [0.2, 0.25) is 0 Å². The summed E-state index contributed by atoms with van der Waals surface area (Å²) >= 11 is 0. The number of hydrogen-bond donors (Lipinski definition) is 1. The lowest BCUT2D eigenvalue weighted by molar-refractivity contribution is -0.385. The van der Waals surface area contributed by atoms with Crippen molar-refractivity contribution in [3.05, 3.63) is 34.0 Å². The first-order valence-corrected chi connectivity index (χ1v) is 8.37. The molecule has 0 spiro atoms. The smallest absolute Gasteiger partial charge is 0.419 e. The van der Waals surface area contributed by atoms with E-state index in [1.165, 1.54) is 30.7 Å². The number of methoxy groups -OCH3 is 1. The summed E-state index contributed by atoms with van der Waals surface area (Å²) in [6, 6.07) is 2.82. The molecule has 0 aliphatic carbocycles. The Bertz CT molecular complexity index is 895. The molecule has 0 radical (unpaired) electrons. The maximum atomic E-state index is 12.6. The molecule has 9 nitrogen and oxygen atoms in total. The van der Waals surface area contributed by atoms with E-state index in [4.69, 9.17) is 9.47 Å². The van der Waals surface area contributed by atoms with Crippen molar-refractivity contribution in [2.75, 3.05) is 13.7 Å².